The summed E-state index contributed by atoms with van der Waals surface area (Å²) in [7, 11) is -3.33. The zero-order valence-corrected chi connectivity index (χ0v) is 15.9. The maximum absolute atomic E-state index is 12.9. The molecule has 1 aliphatic rings. The molecule has 1 fully saturated rings. The Bertz CT molecular complexity index is 864. The number of nitrogens with zero attached hydrogens (tertiary/aromatic N) is 2. The number of rotatable bonds is 6. The highest BCUT2D eigenvalue weighted by Crippen LogP contribution is 2.26. The van der Waals surface area contributed by atoms with E-state index in [1.54, 1.807) is 24.4 Å². The first kappa shape index (κ1) is 18.6. The number of piperidine rings is 1. The van der Waals surface area contributed by atoms with Crippen LogP contribution in [0.2, 0.25) is 0 Å². The number of aryl methyl sites for hydroxylation is 1. The van der Waals surface area contributed by atoms with E-state index in [2.05, 4.69) is 25.9 Å². The normalized spacial score (nSPS) is 15.6. The van der Waals surface area contributed by atoms with Crippen LogP contribution in [0.15, 0.2) is 35.4 Å². The molecule has 2 heterocycles. The fourth-order valence-corrected chi connectivity index (χ4v) is 4.80. The van der Waals surface area contributed by atoms with E-state index in [1.165, 1.54) is 0 Å². The van der Waals surface area contributed by atoms with Crippen molar-refractivity contribution in [2.24, 2.45) is 0 Å². The van der Waals surface area contributed by atoms with Gasteiger partial charge in [0.25, 0.3) is 0 Å². The Morgan fingerprint density at radius 3 is 2.77 bits per heavy atom. The zero-order valence-electron chi connectivity index (χ0n) is 15.1. The van der Waals surface area contributed by atoms with Crippen molar-refractivity contribution in [3.05, 3.63) is 36.0 Å². The van der Waals surface area contributed by atoms with Gasteiger partial charge in [0.15, 0.2) is 9.84 Å². The number of aromatic nitrogens is 2. The molecule has 1 aromatic carbocycles. The maximum Gasteiger partial charge on any atom is 0.224 e. The van der Waals surface area contributed by atoms with Crippen LogP contribution >= 0.6 is 0 Å². The van der Waals surface area contributed by atoms with Gasteiger partial charge in [0, 0.05) is 24.0 Å². The zero-order chi connectivity index (χ0) is 18.6. The molecule has 0 radical (unpaired) electrons. The Hall–Kier alpha value is -2.19. The number of nitrogens with one attached hydrogen (secondary N) is 3. The standard InChI is InChI=1S/C18H25N5O2S/c1-3-20-18-21-12-13(2)17(23-18)22-14-5-4-6-16(11-14)26(24,25)15-7-9-19-10-8-15/h4-6,11-12,15,19H,3,7-10H2,1-2H3,(H2,20,21,22,23). The van der Waals surface area contributed by atoms with Gasteiger partial charge in [-0.3, -0.25) is 0 Å². The second kappa shape index (κ2) is 8.01. The van der Waals surface area contributed by atoms with Crippen LogP contribution in [0.4, 0.5) is 17.5 Å². The van der Waals surface area contributed by atoms with Gasteiger partial charge in [-0.25, -0.2) is 13.4 Å². The second-order valence-corrected chi connectivity index (χ2v) is 8.63. The van der Waals surface area contributed by atoms with Crippen LogP contribution < -0.4 is 16.0 Å². The first-order valence-electron chi connectivity index (χ1n) is 8.90. The molecule has 0 atom stereocenters. The molecular formula is C18H25N5O2S. The van der Waals surface area contributed by atoms with Crippen molar-refractivity contribution in [1.82, 2.24) is 15.3 Å². The molecule has 8 heteroatoms. The van der Waals surface area contributed by atoms with Gasteiger partial charge in [-0.05, 0) is 58.0 Å². The van der Waals surface area contributed by atoms with E-state index < -0.39 is 9.84 Å². The van der Waals surface area contributed by atoms with Crippen molar-refractivity contribution in [2.45, 2.75) is 36.8 Å². The van der Waals surface area contributed by atoms with Gasteiger partial charge in [-0.2, -0.15) is 4.98 Å². The quantitative estimate of drug-likeness (QED) is 0.714. The van der Waals surface area contributed by atoms with Crippen LogP contribution in [-0.2, 0) is 9.84 Å². The number of benzene rings is 1. The molecule has 2 aromatic rings. The lowest BCUT2D eigenvalue weighted by atomic mass is 10.2. The van der Waals surface area contributed by atoms with Gasteiger partial charge < -0.3 is 16.0 Å². The number of hydrogen-bond acceptors (Lipinski definition) is 7. The van der Waals surface area contributed by atoms with Crippen LogP contribution in [0.3, 0.4) is 0 Å². The number of hydrogen-bond donors (Lipinski definition) is 3. The van der Waals surface area contributed by atoms with Crippen molar-refractivity contribution >= 4 is 27.3 Å². The molecule has 0 amide bonds. The van der Waals surface area contributed by atoms with Crippen molar-refractivity contribution in [3.8, 4) is 0 Å². The molecule has 1 aliphatic heterocycles. The Morgan fingerprint density at radius 1 is 1.27 bits per heavy atom. The first-order valence-corrected chi connectivity index (χ1v) is 10.4. The smallest absolute Gasteiger partial charge is 0.224 e. The van der Waals surface area contributed by atoms with Crippen molar-refractivity contribution in [1.29, 1.82) is 0 Å². The molecule has 3 N–H and O–H groups in total. The van der Waals surface area contributed by atoms with Gasteiger partial charge >= 0.3 is 0 Å². The van der Waals surface area contributed by atoms with E-state index in [1.807, 2.05) is 19.9 Å². The third-order valence-electron chi connectivity index (χ3n) is 4.46. The number of sulfone groups is 1. The minimum absolute atomic E-state index is 0.319. The van der Waals surface area contributed by atoms with Gasteiger partial charge in [-0.15, -0.1) is 0 Å². The minimum atomic E-state index is -3.33. The first-order chi connectivity index (χ1) is 12.5. The summed E-state index contributed by atoms with van der Waals surface area (Å²) in [5.41, 5.74) is 1.59. The van der Waals surface area contributed by atoms with Crippen LogP contribution in [-0.4, -0.2) is 43.3 Å². The molecular weight excluding hydrogens is 350 g/mol. The molecule has 0 unspecified atom stereocenters. The summed E-state index contributed by atoms with van der Waals surface area (Å²) in [5, 5.41) is 9.18. The van der Waals surface area contributed by atoms with E-state index in [-0.39, 0.29) is 5.25 Å². The summed E-state index contributed by atoms with van der Waals surface area (Å²) in [6, 6.07) is 6.96. The third kappa shape index (κ3) is 4.13. The fourth-order valence-electron chi connectivity index (χ4n) is 3.00. The molecule has 1 aromatic heterocycles. The lowest BCUT2D eigenvalue weighted by molar-refractivity contribution is 0.496. The van der Waals surface area contributed by atoms with E-state index in [9.17, 15) is 8.42 Å². The van der Waals surface area contributed by atoms with Crippen LogP contribution in [0, 0.1) is 6.92 Å². The summed E-state index contributed by atoms with van der Waals surface area (Å²) < 4.78 is 25.8. The lowest BCUT2D eigenvalue weighted by Crippen LogP contribution is -2.35. The van der Waals surface area contributed by atoms with Crippen molar-refractivity contribution in [2.75, 3.05) is 30.3 Å². The highest BCUT2D eigenvalue weighted by molar-refractivity contribution is 7.92. The van der Waals surface area contributed by atoms with Crippen LogP contribution in [0.25, 0.3) is 0 Å². The molecule has 26 heavy (non-hydrogen) atoms. The average Bonchev–Trinajstić information content (AvgIpc) is 2.66. The predicted molar refractivity (Wildman–Crippen MR) is 104 cm³/mol. The predicted octanol–water partition coefficient (Wildman–Crippen LogP) is 2.49. The van der Waals surface area contributed by atoms with Crippen LogP contribution in [0.1, 0.15) is 25.3 Å². The molecule has 0 spiro atoms. The summed E-state index contributed by atoms with van der Waals surface area (Å²) in [6.07, 6.45) is 3.04. The van der Waals surface area contributed by atoms with E-state index >= 15 is 0 Å². The lowest BCUT2D eigenvalue weighted by Gasteiger charge is -2.23. The molecule has 140 valence electrons. The Kier molecular flexibility index (Phi) is 5.73. The molecule has 0 aliphatic carbocycles. The highest BCUT2D eigenvalue weighted by atomic mass is 32.2. The summed E-state index contributed by atoms with van der Waals surface area (Å²) >= 11 is 0. The number of anilines is 3. The van der Waals surface area contributed by atoms with Gasteiger partial charge in [0.05, 0.1) is 10.1 Å². The highest BCUT2D eigenvalue weighted by Gasteiger charge is 2.28. The van der Waals surface area contributed by atoms with Gasteiger partial charge in [0.2, 0.25) is 5.95 Å². The van der Waals surface area contributed by atoms with E-state index in [0.29, 0.717) is 35.2 Å². The fraction of sp³-hybridized carbons (Fsp3) is 0.444. The minimum Gasteiger partial charge on any atom is -0.354 e. The van der Waals surface area contributed by atoms with E-state index in [4.69, 9.17) is 0 Å². The van der Waals surface area contributed by atoms with E-state index in [0.717, 1.165) is 25.2 Å². The van der Waals surface area contributed by atoms with Crippen LogP contribution in [0.5, 0.6) is 0 Å². The van der Waals surface area contributed by atoms with Gasteiger partial charge in [0.1, 0.15) is 5.82 Å². The summed E-state index contributed by atoms with van der Waals surface area (Å²) in [5.74, 6) is 1.20. The molecule has 0 saturated carbocycles. The second-order valence-electron chi connectivity index (χ2n) is 6.40. The van der Waals surface area contributed by atoms with Crippen molar-refractivity contribution < 1.29 is 8.42 Å². The molecule has 7 nitrogen and oxygen atoms in total. The molecule has 0 bridgehead atoms. The topological polar surface area (TPSA) is 96.0 Å². The average molecular weight is 375 g/mol. The Morgan fingerprint density at radius 2 is 2.04 bits per heavy atom. The summed E-state index contributed by atoms with van der Waals surface area (Å²) in [4.78, 5) is 9.03. The molecule has 3 rings (SSSR count). The Balaban J connectivity index is 1.85. The largest absolute Gasteiger partial charge is 0.354 e. The Labute approximate surface area is 154 Å². The summed E-state index contributed by atoms with van der Waals surface area (Å²) in [6.45, 7) is 6.11. The maximum atomic E-state index is 12.9. The van der Waals surface area contributed by atoms with Gasteiger partial charge in [-0.1, -0.05) is 6.07 Å². The monoisotopic (exact) mass is 375 g/mol. The third-order valence-corrected chi connectivity index (χ3v) is 6.72. The molecule has 1 saturated heterocycles. The van der Waals surface area contributed by atoms with Crippen molar-refractivity contribution in [3.63, 3.8) is 0 Å². The SMILES string of the molecule is CCNc1ncc(C)c(Nc2cccc(S(=O)(=O)C3CCNCC3)c2)n1.